The van der Waals surface area contributed by atoms with Gasteiger partial charge in [0.2, 0.25) is 0 Å². The molecule has 12 heavy (non-hydrogen) atoms. The predicted octanol–water partition coefficient (Wildman–Crippen LogP) is 2.84. The van der Waals surface area contributed by atoms with Crippen LogP contribution in [0.25, 0.3) is 0 Å². The van der Waals surface area contributed by atoms with E-state index in [0.717, 1.165) is 6.42 Å². The van der Waals surface area contributed by atoms with E-state index in [2.05, 4.69) is 37.0 Å². The zero-order chi connectivity index (χ0) is 9.45. The van der Waals surface area contributed by atoms with Crippen LogP contribution in [0, 0.1) is 23.8 Å². The molecule has 0 aromatic heterocycles. The minimum Gasteiger partial charge on any atom is -0.132 e. The number of terminal acetylenes is 1. The Bertz CT molecular complexity index is 237. The Morgan fingerprint density at radius 2 is 1.75 bits per heavy atom. The molecular formula is C11H16Si. The third-order valence-corrected chi connectivity index (χ3v) is 2.01. The first-order valence-electron chi connectivity index (χ1n) is 4.15. The van der Waals surface area contributed by atoms with Crippen LogP contribution in [0.1, 0.15) is 12.8 Å². The zero-order valence-electron chi connectivity index (χ0n) is 8.15. The molecule has 0 saturated carbocycles. The van der Waals surface area contributed by atoms with E-state index >= 15 is 0 Å². The number of hydrogen-bond donors (Lipinski definition) is 0. The smallest absolute Gasteiger partial charge is 0.129 e. The average molecular weight is 176 g/mol. The summed E-state index contributed by atoms with van der Waals surface area (Å²) in [6, 6.07) is 0. The fourth-order valence-electron chi connectivity index (χ4n) is 0.610. The van der Waals surface area contributed by atoms with Gasteiger partial charge in [0.1, 0.15) is 8.07 Å². The minimum absolute atomic E-state index is 0.717. The van der Waals surface area contributed by atoms with Crippen LogP contribution in [0.5, 0.6) is 0 Å². The Balaban J connectivity index is 3.68. The van der Waals surface area contributed by atoms with Crippen molar-refractivity contribution in [2.24, 2.45) is 0 Å². The van der Waals surface area contributed by atoms with E-state index in [1.165, 1.54) is 0 Å². The lowest BCUT2D eigenvalue weighted by Gasteiger charge is -2.02. The van der Waals surface area contributed by atoms with Gasteiger partial charge in [0.15, 0.2) is 0 Å². The van der Waals surface area contributed by atoms with E-state index in [0.29, 0.717) is 6.42 Å². The largest absolute Gasteiger partial charge is 0.132 e. The van der Waals surface area contributed by atoms with Gasteiger partial charge in [-0.15, -0.1) is 23.8 Å². The highest BCUT2D eigenvalue weighted by molar-refractivity contribution is 6.83. The third-order valence-electron chi connectivity index (χ3n) is 1.09. The number of hydrogen-bond acceptors (Lipinski definition) is 0. The summed E-state index contributed by atoms with van der Waals surface area (Å²) in [7, 11) is -1.16. The molecule has 0 amide bonds. The van der Waals surface area contributed by atoms with Gasteiger partial charge in [-0.25, -0.2) is 0 Å². The van der Waals surface area contributed by atoms with Crippen molar-refractivity contribution in [1.82, 2.24) is 0 Å². The van der Waals surface area contributed by atoms with Crippen LogP contribution in [0.3, 0.4) is 0 Å². The molecule has 0 aliphatic rings. The second-order valence-electron chi connectivity index (χ2n) is 3.64. The average Bonchev–Trinajstić information content (AvgIpc) is 1.94. The van der Waals surface area contributed by atoms with E-state index in [1.54, 1.807) is 0 Å². The molecule has 0 radical (unpaired) electrons. The van der Waals surface area contributed by atoms with Gasteiger partial charge in [-0.05, 0) is 0 Å². The van der Waals surface area contributed by atoms with Crippen molar-refractivity contribution in [3.8, 4) is 23.8 Å². The van der Waals surface area contributed by atoms with Gasteiger partial charge in [-0.2, -0.15) is 0 Å². The van der Waals surface area contributed by atoms with Crippen molar-refractivity contribution in [3.05, 3.63) is 12.2 Å². The van der Waals surface area contributed by atoms with E-state index in [1.807, 2.05) is 12.2 Å². The van der Waals surface area contributed by atoms with Crippen LogP contribution in [0.15, 0.2) is 12.2 Å². The summed E-state index contributed by atoms with van der Waals surface area (Å²) < 4.78 is 0. The molecule has 0 nitrogen and oxygen atoms in total. The highest BCUT2D eigenvalue weighted by Gasteiger charge is 2.06. The first kappa shape index (κ1) is 11.1. The topological polar surface area (TPSA) is 0 Å². The molecular weight excluding hydrogens is 160 g/mol. The van der Waals surface area contributed by atoms with Crippen LogP contribution in [0.2, 0.25) is 19.6 Å². The van der Waals surface area contributed by atoms with E-state index in [4.69, 9.17) is 6.42 Å². The molecule has 0 aromatic rings. The molecule has 0 fully saturated rings. The second-order valence-corrected chi connectivity index (χ2v) is 8.39. The molecule has 0 rings (SSSR count). The maximum absolute atomic E-state index is 5.08. The summed E-state index contributed by atoms with van der Waals surface area (Å²) in [4.78, 5) is 0. The van der Waals surface area contributed by atoms with Crippen molar-refractivity contribution in [3.63, 3.8) is 0 Å². The Hall–Kier alpha value is -0.923. The van der Waals surface area contributed by atoms with E-state index in [-0.39, 0.29) is 0 Å². The first-order valence-corrected chi connectivity index (χ1v) is 7.65. The molecule has 64 valence electrons. The van der Waals surface area contributed by atoms with Gasteiger partial charge in [0.05, 0.1) is 0 Å². The van der Waals surface area contributed by atoms with Crippen LogP contribution in [-0.2, 0) is 0 Å². The van der Waals surface area contributed by atoms with Crippen LogP contribution >= 0.6 is 0 Å². The Morgan fingerprint density at radius 3 is 2.25 bits per heavy atom. The van der Waals surface area contributed by atoms with Crippen LogP contribution < -0.4 is 0 Å². The third kappa shape index (κ3) is 9.08. The fourth-order valence-corrected chi connectivity index (χ4v) is 1.24. The molecule has 0 N–H and O–H groups in total. The second kappa shape index (κ2) is 5.69. The molecule has 0 bridgehead atoms. The summed E-state index contributed by atoms with van der Waals surface area (Å²) in [5, 5.41) is 0. The molecule has 0 unspecified atom stereocenters. The summed E-state index contributed by atoms with van der Waals surface area (Å²) in [5.74, 6) is 5.69. The standard InChI is InChI=1S/C11H16Si/c1-5-6-7-8-9-10-11-12(2,3)4/h1,7-8H,6,9H2,2-4H3/b8-7-. The molecule has 0 heterocycles. The SMILES string of the molecule is C#CC/C=C\CC#C[Si](C)(C)C. The molecule has 0 aliphatic heterocycles. The lowest BCUT2D eigenvalue weighted by atomic mass is 10.3. The molecule has 0 spiro atoms. The molecule has 1 heteroatoms. The van der Waals surface area contributed by atoms with Crippen molar-refractivity contribution >= 4 is 8.07 Å². The maximum atomic E-state index is 5.08. The Kier molecular flexibility index (Phi) is 5.25. The van der Waals surface area contributed by atoms with Gasteiger partial charge in [0, 0.05) is 12.8 Å². The van der Waals surface area contributed by atoms with Gasteiger partial charge >= 0.3 is 0 Å². The molecule has 0 saturated heterocycles. The van der Waals surface area contributed by atoms with Crippen molar-refractivity contribution in [1.29, 1.82) is 0 Å². The first-order chi connectivity index (χ1) is 5.56. The molecule has 0 aromatic carbocycles. The summed E-state index contributed by atoms with van der Waals surface area (Å²) in [6.07, 6.45) is 10.7. The van der Waals surface area contributed by atoms with Crippen molar-refractivity contribution in [2.45, 2.75) is 32.5 Å². The van der Waals surface area contributed by atoms with Crippen molar-refractivity contribution < 1.29 is 0 Å². The quantitative estimate of drug-likeness (QED) is 0.345. The number of allylic oxidation sites excluding steroid dienone is 2. The van der Waals surface area contributed by atoms with Gasteiger partial charge in [-0.1, -0.05) is 31.8 Å². The summed E-state index contributed by atoms with van der Waals surface area (Å²) >= 11 is 0. The maximum Gasteiger partial charge on any atom is 0.129 e. The monoisotopic (exact) mass is 176 g/mol. The summed E-state index contributed by atoms with van der Waals surface area (Å²) in [5.41, 5.74) is 3.28. The fraction of sp³-hybridized carbons (Fsp3) is 0.455. The normalized spacial score (nSPS) is 10.5. The van der Waals surface area contributed by atoms with Crippen molar-refractivity contribution in [2.75, 3.05) is 0 Å². The van der Waals surface area contributed by atoms with Crippen LogP contribution in [-0.4, -0.2) is 8.07 Å². The summed E-state index contributed by atoms with van der Waals surface area (Å²) in [6.45, 7) is 6.72. The highest BCUT2D eigenvalue weighted by Crippen LogP contribution is 1.96. The van der Waals surface area contributed by atoms with E-state index in [9.17, 15) is 0 Å². The molecule has 0 atom stereocenters. The van der Waals surface area contributed by atoms with Gasteiger partial charge < -0.3 is 0 Å². The van der Waals surface area contributed by atoms with Crippen LogP contribution in [0.4, 0.5) is 0 Å². The van der Waals surface area contributed by atoms with Gasteiger partial charge in [0.25, 0.3) is 0 Å². The number of rotatable bonds is 2. The minimum atomic E-state index is -1.16. The van der Waals surface area contributed by atoms with E-state index < -0.39 is 8.07 Å². The molecule has 0 aliphatic carbocycles. The Morgan fingerprint density at radius 1 is 1.17 bits per heavy atom. The zero-order valence-corrected chi connectivity index (χ0v) is 9.15. The lowest BCUT2D eigenvalue weighted by molar-refractivity contribution is 1.38. The van der Waals surface area contributed by atoms with Gasteiger partial charge in [-0.3, -0.25) is 0 Å². The predicted molar refractivity (Wildman–Crippen MR) is 58.3 cm³/mol. The highest BCUT2D eigenvalue weighted by atomic mass is 28.3. The Labute approximate surface area is 77.1 Å². The lowest BCUT2D eigenvalue weighted by Crippen LogP contribution is -2.16.